The monoisotopic (exact) mass is 520 g/mol. The average molecular weight is 521 g/mol. The SMILES string of the molecule is O=S1(=O)C[C@H](NCc2ccccc2)[C@@H](N(Cc2ccccc2)S(=O)(=O)c2ccc3ccccc3c2)C1. The van der Waals surface area contributed by atoms with Crippen molar-refractivity contribution < 1.29 is 16.8 Å². The molecule has 2 atom stereocenters. The van der Waals surface area contributed by atoms with Crippen molar-refractivity contribution in [2.24, 2.45) is 0 Å². The van der Waals surface area contributed by atoms with E-state index in [1.165, 1.54) is 4.31 Å². The van der Waals surface area contributed by atoms with Crippen LogP contribution in [0.25, 0.3) is 10.8 Å². The number of hydrogen-bond acceptors (Lipinski definition) is 5. The van der Waals surface area contributed by atoms with E-state index in [9.17, 15) is 16.8 Å². The molecule has 0 radical (unpaired) electrons. The third-order valence-electron chi connectivity index (χ3n) is 6.61. The number of nitrogens with zero attached hydrogens (tertiary/aromatic N) is 1. The fourth-order valence-corrected chi connectivity index (χ4v) is 8.49. The first-order valence-corrected chi connectivity index (χ1v) is 15.1. The van der Waals surface area contributed by atoms with Crippen molar-refractivity contribution in [1.29, 1.82) is 0 Å². The third kappa shape index (κ3) is 5.37. The van der Waals surface area contributed by atoms with Crippen LogP contribution in [0.5, 0.6) is 0 Å². The summed E-state index contributed by atoms with van der Waals surface area (Å²) in [7, 11) is -7.44. The molecule has 8 heteroatoms. The standard InChI is InChI=1S/C28H28N2O4S2/c31-35(32)20-27(29-18-22-9-3-1-4-10-22)28(21-35)30(19-23-11-5-2-6-12-23)36(33,34)26-16-15-24-13-7-8-14-25(24)17-26/h1-17,27-29H,18-21H2/t27-,28-/m0/s1. The first kappa shape index (κ1) is 24.6. The molecular weight excluding hydrogens is 492 g/mol. The van der Waals surface area contributed by atoms with E-state index in [2.05, 4.69) is 5.32 Å². The molecule has 1 N–H and O–H groups in total. The minimum Gasteiger partial charge on any atom is -0.307 e. The van der Waals surface area contributed by atoms with Crippen LogP contribution in [-0.4, -0.2) is 44.7 Å². The van der Waals surface area contributed by atoms with E-state index in [1.54, 1.807) is 18.2 Å². The van der Waals surface area contributed by atoms with Gasteiger partial charge in [0.1, 0.15) is 0 Å². The van der Waals surface area contributed by atoms with Gasteiger partial charge in [-0.3, -0.25) is 0 Å². The summed E-state index contributed by atoms with van der Waals surface area (Å²) in [6.45, 7) is 0.534. The van der Waals surface area contributed by atoms with Crippen LogP contribution >= 0.6 is 0 Å². The molecule has 0 amide bonds. The van der Waals surface area contributed by atoms with Crippen LogP contribution in [0, 0.1) is 0 Å². The summed E-state index contributed by atoms with van der Waals surface area (Å²) in [5, 5.41) is 5.10. The Balaban J connectivity index is 1.53. The molecule has 1 aliphatic heterocycles. The summed E-state index contributed by atoms with van der Waals surface area (Å²) in [5.41, 5.74) is 1.81. The second-order valence-corrected chi connectivity index (χ2v) is 13.2. The zero-order chi connectivity index (χ0) is 25.2. The molecule has 186 valence electrons. The molecular formula is C28H28N2O4S2. The van der Waals surface area contributed by atoms with Gasteiger partial charge >= 0.3 is 0 Å². The number of rotatable bonds is 8. The van der Waals surface area contributed by atoms with Crippen LogP contribution in [-0.2, 0) is 33.0 Å². The number of fused-ring (bicyclic) bond motifs is 1. The van der Waals surface area contributed by atoms with Crippen molar-refractivity contribution in [2.75, 3.05) is 11.5 Å². The van der Waals surface area contributed by atoms with Crippen LogP contribution in [0.2, 0.25) is 0 Å². The van der Waals surface area contributed by atoms with Gasteiger partial charge in [0.25, 0.3) is 0 Å². The molecule has 0 saturated carbocycles. The van der Waals surface area contributed by atoms with E-state index < -0.39 is 31.9 Å². The minimum absolute atomic E-state index is 0.0830. The van der Waals surface area contributed by atoms with Crippen LogP contribution in [0.4, 0.5) is 0 Å². The van der Waals surface area contributed by atoms with Gasteiger partial charge in [0, 0.05) is 19.1 Å². The van der Waals surface area contributed by atoms with Crippen molar-refractivity contribution in [3.05, 3.63) is 114 Å². The summed E-state index contributed by atoms with van der Waals surface area (Å²) in [5.74, 6) is -0.331. The third-order valence-corrected chi connectivity index (χ3v) is 10.2. The average Bonchev–Trinajstić information content (AvgIpc) is 3.20. The first-order valence-electron chi connectivity index (χ1n) is 11.8. The Morgan fingerprint density at radius 3 is 2.06 bits per heavy atom. The van der Waals surface area contributed by atoms with E-state index in [1.807, 2.05) is 84.9 Å². The second kappa shape index (κ2) is 10.1. The van der Waals surface area contributed by atoms with Gasteiger partial charge in [0.2, 0.25) is 10.0 Å². The number of hydrogen-bond donors (Lipinski definition) is 1. The summed E-state index contributed by atoms with van der Waals surface area (Å²) in [4.78, 5) is 0.156. The van der Waals surface area contributed by atoms with Gasteiger partial charge in [-0.15, -0.1) is 0 Å². The van der Waals surface area contributed by atoms with Gasteiger partial charge < -0.3 is 5.32 Å². The van der Waals surface area contributed by atoms with Crippen molar-refractivity contribution in [3.8, 4) is 0 Å². The lowest BCUT2D eigenvalue weighted by atomic mass is 10.1. The predicted molar refractivity (Wildman–Crippen MR) is 143 cm³/mol. The summed E-state index contributed by atoms with van der Waals surface area (Å²) in [6.07, 6.45) is 0. The zero-order valence-electron chi connectivity index (χ0n) is 19.7. The van der Waals surface area contributed by atoms with Gasteiger partial charge in [-0.25, -0.2) is 16.8 Å². The molecule has 36 heavy (non-hydrogen) atoms. The van der Waals surface area contributed by atoms with Gasteiger partial charge in [-0.1, -0.05) is 91.0 Å². The van der Waals surface area contributed by atoms with Crippen molar-refractivity contribution in [1.82, 2.24) is 9.62 Å². The topological polar surface area (TPSA) is 83.6 Å². The highest BCUT2D eigenvalue weighted by Gasteiger charge is 2.45. The fraction of sp³-hybridized carbons (Fsp3) is 0.214. The molecule has 0 aromatic heterocycles. The molecule has 1 fully saturated rings. The maximum Gasteiger partial charge on any atom is 0.243 e. The Morgan fingerprint density at radius 1 is 0.750 bits per heavy atom. The first-order chi connectivity index (χ1) is 17.3. The van der Waals surface area contributed by atoms with Gasteiger partial charge in [-0.05, 0) is 34.0 Å². The van der Waals surface area contributed by atoms with Crippen molar-refractivity contribution >= 4 is 30.6 Å². The molecule has 6 nitrogen and oxygen atoms in total. The Morgan fingerprint density at radius 2 is 1.36 bits per heavy atom. The molecule has 0 bridgehead atoms. The van der Waals surface area contributed by atoms with Crippen LogP contribution in [0.15, 0.2) is 108 Å². The van der Waals surface area contributed by atoms with E-state index in [0.717, 1.165) is 21.9 Å². The van der Waals surface area contributed by atoms with Gasteiger partial charge in [-0.2, -0.15) is 4.31 Å². The van der Waals surface area contributed by atoms with Crippen LogP contribution in [0.1, 0.15) is 11.1 Å². The number of benzene rings is 4. The maximum absolute atomic E-state index is 14.1. The largest absolute Gasteiger partial charge is 0.307 e. The molecule has 1 heterocycles. The Kier molecular flexibility index (Phi) is 6.94. The summed E-state index contributed by atoms with van der Waals surface area (Å²) in [6, 6.07) is 30.3. The molecule has 0 spiro atoms. The van der Waals surface area contributed by atoms with Crippen molar-refractivity contribution in [2.45, 2.75) is 30.1 Å². The minimum atomic E-state index is -4.01. The molecule has 1 saturated heterocycles. The van der Waals surface area contributed by atoms with E-state index in [0.29, 0.717) is 6.54 Å². The highest BCUT2D eigenvalue weighted by molar-refractivity contribution is 7.92. The highest BCUT2D eigenvalue weighted by atomic mass is 32.2. The predicted octanol–water partition coefficient (Wildman–Crippen LogP) is 3.99. The Bertz CT molecular complexity index is 1560. The summed E-state index contributed by atoms with van der Waals surface area (Å²) < 4.78 is 55.2. The number of sulfone groups is 1. The van der Waals surface area contributed by atoms with Crippen molar-refractivity contribution in [3.63, 3.8) is 0 Å². The molecule has 0 unspecified atom stereocenters. The van der Waals surface area contributed by atoms with E-state index in [4.69, 9.17) is 0 Å². The lowest BCUT2D eigenvalue weighted by Crippen LogP contribution is -2.51. The normalized spacial score (nSPS) is 19.6. The van der Waals surface area contributed by atoms with Crippen LogP contribution < -0.4 is 5.32 Å². The Labute approximate surface area is 212 Å². The number of nitrogens with one attached hydrogen (secondary N) is 1. The fourth-order valence-electron chi connectivity index (χ4n) is 4.76. The smallest absolute Gasteiger partial charge is 0.243 e. The Hall–Kier alpha value is -3.04. The molecule has 4 aromatic rings. The number of sulfonamides is 1. The molecule has 4 aromatic carbocycles. The van der Waals surface area contributed by atoms with E-state index in [-0.39, 0.29) is 22.9 Å². The lowest BCUT2D eigenvalue weighted by Gasteiger charge is -2.32. The van der Waals surface area contributed by atoms with Crippen LogP contribution in [0.3, 0.4) is 0 Å². The summed E-state index contributed by atoms with van der Waals surface area (Å²) >= 11 is 0. The lowest BCUT2D eigenvalue weighted by molar-refractivity contribution is 0.286. The highest BCUT2D eigenvalue weighted by Crippen LogP contribution is 2.29. The second-order valence-electron chi connectivity index (χ2n) is 9.16. The maximum atomic E-state index is 14.1. The molecule has 0 aliphatic carbocycles. The van der Waals surface area contributed by atoms with Gasteiger partial charge in [0.05, 0.1) is 22.4 Å². The molecule has 5 rings (SSSR count). The molecule has 1 aliphatic rings. The van der Waals surface area contributed by atoms with E-state index >= 15 is 0 Å². The zero-order valence-corrected chi connectivity index (χ0v) is 21.3. The van der Waals surface area contributed by atoms with Gasteiger partial charge in [0.15, 0.2) is 9.84 Å². The quantitative estimate of drug-likeness (QED) is 0.380.